The van der Waals surface area contributed by atoms with Crippen LogP contribution in [0.3, 0.4) is 0 Å². The van der Waals surface area contributed by atoms with Gasteiger partial charge < -0.3 is 14.1 Å². The highest BCUT2D eigenvalue weighted by atomic mass is 16.5. The first-order valence-electron chi connectivity index (χ1n) is 8.30. The van der Waals surface area contributed by atoms with Gasteiger partial charge in [0.15, 0.2) is 17.5 Å². The van der Waals surface area contributed by atoms with Crippen molar-refractivity contribution < 1.29 is 13.9 Å². The second-order valence-electron chi connectivity index (χ2n) is 6.02. The summed E-state index contributed by atoms with van der Waals surface area (Å²) >= 11 is 0. The zero-order valence-corrected chi connectivity index (χ0v) is 14.3. The number of benzene rings is 2. The van der Waals surface area contributed by atoms with Crippen molar-refractivity contribution in [1.29, 1.82) is 0 Å². The van der Waals surface area contributed by atoms with Crippen molar-refractivity contribution in [3.8, 4) is 0 Å². The highest BCUT2D eigenvalue weighted by Crippen LogP contribution is 2.16. The van der Waals surface area contributed by atoms with Crippen LogP contribution in [-0.4, -0.2) is 20.5 Å². The Labute approximate surface area is 152 Å². The molecule has 2 aromatic heterocycles. The fraction of sp³-hybridized carbons (Fsp3) is 0.158. The SMILES string of the molecule is C[C@@H](OC(=O)Cn1c(=O)oc2ccccc21)c1nc2ccccc2c(=O)[nH]1. The number of nitrogens with one attached hydrogen (secondary N) is 1. The fourth-order valence-electron chi connectivity index (χ4n) is 2.88. The molecule has 0 aliphatic carbocycles. The smallest absolute Gasteiger partial charge is 0.420 e. The number of para-hydroxylation sites is 3. The zero-order valence-electron chi connectivity index (χ0n) is 14.3. The molecule has 136 valence electrons. The van der Waals surface area contributed by atoms with Crippen LogP contribution in [0.4, 0.5) is 0 Å². The van der Waals surface area contributed by atoms with Gasteiger partial charge in [0.1, 0.15) is 6.54 Å². The van der Waals surface area contributed by atoms with Crippen LogP contribution in [-0.2, 0) is 16.1 Å². The molecule has 27 heavy (non-hydrogen) atoms. The highest BCUT2D eigenvalue weighted by molar-refractivity contribution is 5.78. The van der Waals surface area contributed by atoms with Crippen LogP contribution in [0.1, 0.15) is 18.9 Å². The van der Waals surface area contributed by atoms with Crippen LogP contribution in [0, 0.1) is 0 Å². The number of esters is 1. The number of hydrogen-bond acceptors (Lipinski definition) is 6. The third-order valence-corrected chi connectivity index (χ3v) is 4.19. The first-order chi connectivity index (χ1) is 13.0. The number of carbonyl (C=O) groups is 1. The summed E-state index contributed by atoms with van der Waals surface area (Å²) in [5, 5.41) is 0.455. The Balaban J connectivity index is 1.57. The maximum Gasteiger partial charge on any atom is 0.420 e. The van der Waals surface area contributed by atoms with Gasteiger partial charge in [-0.15, -0.1) is 0 Å². The third kappa shape index (κ3) is 3.12. The maximum atomic E-state index is 12.3. The molecule has 4 rings (SSSR count). The van der Waals surface area contributed by atoms with Crippen molar-refractivity contribution in [3.05, 3.63) is 75.3 Å². The van der Waals surface area contributed by atoms with Gasteiger partial charge in [-0.25, -0.2) is 9.78 Å². The molecule has 2 heterocycles. The molecule has 1 atom stereocenters. The average molecular weight is 365 g/mol. The van der Waals surface area contributed by atoms with E-state index >= 15 is 0 Å². The van der Waals surface area contributed by atoms with Crippen LogP contribution >= 0.6 is 0 Å². The van der Waals surface area contributed by atoms with Crippen molar-refractivity contribution in [2.75, 3.05) is 0 Å². The van der Waals surface area contributed by atoms with Crippen molar-refractivity contribution in [2.24, 2.45) is 0 Å². The Morgan fingerprint density at radius 3 is 2.78 bits per heavy atom. The Morgan fingerprint density at radius 2 is 1.93 bits per heavy atom. The number of oxazole rings is 1. The van der Waals surface area contributed by atoms with E-state index in [9.17, 15) is 14.4 Å². The fourth-order valence-corrected chi connectivity index (χ4v) is 2.88. The largest absolute Gasteiger partial charge is 0.453 e. The molecule has 0 saturated carbocycles. The second kappa shape index (κ2) is 6.56. The number of rotatable bonds is 4. The summed E-state index contributed by atoms with van der Waals surface area (Å²) in [7, 11) is 0. The molecule has 0 saturated heterocycles. The van der Waals surface area contributed by atoms with E-state index in [1.165, 1.54) is 4.57 Å². The van der Waals surface area contributed by atoms with Gasteiger partial charge in [-0.3, -0.25) is 14.2 Å². The quantitative estimate of drug-likeness (QED) is 0.555. The van der Waals surface area contributed by atoms with Gasteiger partial charge in [0, 0.05) is 0 Å². The minimum absolute atomic E-state index is 0.233. The van der Waals surface area contributed by atoms with Gasteiger partial charge in [0.25, 0.3) is 5.56 Å². The van der Waals surface area contributed by atoms with Crippen molar-refractivity contribution in [1.82, 2.24) is 14.5 Å². The zero-order chi connectivity index (χ0) is 19.0. The van der Waals surface area contributed by atoms with E-state index in [2.05, 4.69) is 9.97 Å². The lowest BCUT2D eigenvalue weighted by Gasteiger charge is -2.13. The summed E-state index contributed by atoms with van der Waals surface area (Å²) in [4.78, 5) is 43.3. The predicted octanol–water partition coefficient (Wildman–Crippen LogP) is 2.14. The molecular formula is C19H15N3O5. The standard InChI is InChI=1S/C19H15N3O5/c1-11(17-20-13-7-3-2-6-12(13)18(24)21-17)26-16(23)10-22-14-8-4-5-9-15(14)27-19(22)25/h2-9,11H,10H2,1H3,(H,20,21,24)/t11-/m1/s1. The molecule has 0 bridgehead atoms. The van der Waals surface area contributed by atoms with Crippen molar-refractivity contribution in [2.45, 2.75) is 19.6 Å². The summed E-state index contributed by atoms with van der Waals surface area (Å²) in [5.41, 5.74) is 1.10. The Hall–Kier alpha value is -3.68. The minimum atomic E-state index is -0.788. The Morgan fingerprint density at radius 1 is 1.19 bits per heavy atom. The normalized spacial score (nSPS) is 12.3. The van der Waals surface area contributed by atoms with Gasteiger partial charge in [0.05, 0.1) is 16.4 Å². The molecule has 1 N–H and O–H groups in total. The minimum Gasteiger partial charge on any atom is -0.453 e. The molecule has 0 aliphatic rings. The second-order valence-corrected chi connectivity index (χ2v) is 6.02. The van der Waals surface area contributed by atoms with Crippen LogP contribution in [0.25, 0.3) is 22.0 Å². The molecule has 8 nitrogen and oxygen atoms in total. The number of fused-ring (bicyclic) bond motifs is 2. The number of aromatic nitrogens is 3. The molecule has 0 fully saturated rings. The lowest BCUT2D eigenvalue weighted by Crippen LogP contribution is -2.23. The Bertz CT molecular complexity index is 1270. The molecular weight excluding hydrogens is 350 g/mol. The van der Waals surface area contributed by atoms with E-state index in [1.807, 2.05) is 0 Å². The molecule has 2 aromatic carbocycles. The van der Waals surface area contributed by atoms with E-state index in [0.717, 1.165) is 0 Å². The molecule has 0 amide bonds. The van der Waals surface area contributed by atoms with E-state index in [0.29, 0.717) is 22.0 Å². The van der Waals surface area contributed by atoms with Gasteiger partial charge in [-0.05, 0) is 31.2 Å². The summed E-state index contributed by atoms with van der Waals surface area (Å²) < 4.78 is 11.6. The van der Waals surface area contributed by atoms with Crippen LogP contribution in [0.15, 0.2) is 62.5 Å². The topological polar surface area (TPSA) is 107 Å². The van der Waals surface area contributed by atoms with Gasteiger partial charge in [-0.1, -0.05) is 24.3 Å². The summed E-state index contributed by atoms with van der Waals surface area (Å²) in [5.74, 6) is -1.05. The number of hydrogen-bond donors (Lipinski definition) is 1. The Kier molecular flexibility index (Phi) is 4.08. The lowest BCUT2D eigenvalue weighted by atomic mass is 10.2. The summed E-state index contributed by atoms with van der Waals surface area (Å²) in [6.45, 7) is 1.29. The number of nitrogens with zero attached hydrogens (tertiary/aromatic N) is 2. The van der Waals surface area contributed by atoms with Crippen molar-refractivity contribution in [3.63, 3.8) is 0 Å². The predicted molar refractivity (Wildman–Crippen MR) is 97.3 cm³/mol. The first-order valence-corrected chi connectivity index (χ1v) is 8.30. The molecule has 0 spiro atoms. The van der Waals surface area contributed by atoms with Crippen LogP contribution in [0.2, 0.25) is 0 Å². The van der Waals surface area contributed by atoms with Crippen molar-refractivity contribution >= 4 is 28.0 Å². The first kappa shape index (κ1) is 16.8. The molecule has 8 heteroatoms. The molecule has 0 radical (unpaired) electrons. The maximum absolute atomic E-state index is 12.3. The van der Waals surface area contributed by atoms with Crippen LogP contribution in [0.5, 0.6) is 0 Å². The summed E-state index contributed by atoms with van der Waals surface area (Å²) in [6.07, 6.45) is -0.788. The van der Waals surface area contributed by atoms with E-state index in [-0.39, 0.29) is 17.9 Å². The van der Waals surface area contributed by atoms with Gasteiger partial charge >= 0.3 is 11.7 Å². The highest BCUT2D eigenvalue weighted by Gasteiger charge is 2.18. The number of aromatic amines is 1. The number of H-pyrrole nitrogens is 1. The van der Waals surface area contributed by atoms with E-state index < -0.39 is 17.8 Å². The average Bonchev–Trinajstić information content (AvgIpc) is 2.97. The third-order valence-electron chi connectivity index (χ3n) is 4.19. The summed E-state index contributed by atoms with van der Waals surface area (Å²) in [6, 6.07) is 13.7. The number of ether oxygens (including phenoxy) is 1. The van der Waals surface area contributed by atoms with E-state index in [1.54, 1.807) is 55.5 Å². The molecule has 4 aromatic rings. The number of carbonyl (C=O) groups excluding carboxylic acids is 1. The van der Waals surface area contributed by atoms with E-state index in [4.69, 9.17) is 9.15 Å². The molecule has 0 aliphatic heterocycles. The van der Waals surface area contributed by atoms with Gasteiger partial charge in [-0.2, -0.15) is 0 Å². The monoisotopic (exact) mass is 365 g/mol. The lowest BCUT2D eigenvalue weighted by molar-refractivity contribution is -0.149. The van der Waals surface area contributed by atoms with Crippen LogP contribution < -0.4 is 11.3 Å². The van der Waals surface area contributed by atoms with Gasteiger partial charge in [0.2, 0.25) is 0 Å². The molecule has 0 unspecified atom stereocenters.